The Hall–Kier alpha value is -2.25. The molecule has 98 valence electrons. The summed E-state index contributed by atoms with van der Waals surface area (Å²) in [6, 6.07) is 0.403. The van der Waals surface area contributed by atoms with Crippen molar-refractivity contribution in [2.24, 2.45) is 0 Å². The molecule has 1 aliphatic rings. The highest BCUT2D eigenvalue weighted by atomic mass is 16.6. The van der Waals surface area contributed by atoms with Crippen LogP contribution in [0.5, 0.6) is 5.75 Å². The van der Waals surface area contributed by atoms with E-state index in [1.165, 1.54) is 6.07 Å². The first kappa shape index (κ1) is 13.8. The Kier molecular flexibility index (Phi) is 4.52. The first-order valence-corrected chi connectivity index (χ1v) is 5.47. The van der Waals surface area contributed by atoms with Crippen LogP contribution < -0.4 is 4.74 Å². The van der Waals surface area contributed by atoms with Gasteiger partial charge in [-0.3, -0.25) is 20.2 Å². The van der Waals surface area contributed by atoms with Gasteiger partial charge >= 0.3 is 0 Å². The van der Waals surface area contributed by atoms with Crippen LogP contribution in [-0.4, -0.2) is 27.5 Å². The maximum Gasteiger partial charge on any atom is 0.291 e. The van der Waals surface area contributed by atoms with Crippen LogP contribution in [0.2, 0.25) is 0 Å². The maximum absolute atomic E-state index is 10.5. The lowest BCUT2D eigenvalue weighted by Gasteiger charge is -2.18. The fourth-order valence-electron chi connectivity index (χ4n) is 1.44. The predicted octanol–water partition coefficient (Wildman–Crippen LogP) is 1.60. The SMILES string of the molecule is CC.O=[N+]([O-])c1cnc2c(c1)OCC([N+](=O)[O-])C2. The Labute approximate surface area is 103 Å². The zero-order chi connectivity index (χ0) is 13.7. The molecule has 0 aromatic carbocycles. The Morgan fingerprint density at radius 2 is 2.06 bits per heavy atom. The Balaban J connectivity index is 0.000000771. The molecule has 0 N–H and O–H groups in total. The number of rotatable bonds is 2. The minimum absolute atomic E-state index is 0.0805. The molecule has 0 spiro atoms. The highest BCUT2D eigenvalue weighted by Gasteiger charge is 2.30. The summed E-state index contributed by atoms with van der Waals surface area (Å²) in [6.07, 6.45) is 1.21. The fourth-order valence-corrected chi connectivity index (χ4v) is 1.44. The molecule has 0 radical (unpaired) electrons. The largest absolute Gasteiger partial charge is 0.484 e. The van der Waals surface area contributed by atoms with E-state index in [2.05, 4.69) is 4.98 Å². The molecule has 1 aromatic rings. The number of nitro groups is 2. The van der Waals surface area contributed by atoms with Crippen LogP contribution in [-0.2, 0) is 6.42 Å². The molecule has 0 bridgehead atoms. The Bertz CT molecular complexity index is 463. The maximum atomic E-state index is 10.5. The molecule has 1 atom stereocenters. The molecule has 1 aliphatic heterocycles. The number of hydrogen-bond acceptors (Lipinski definition) is 6. The van der Waals surface area contributed by atoms with E-state index in [4.69, 9.17) is 4.74 Å². The number of nitrogens with zero attached hydrogens (tertiary/aromatic N) is 3. The van der Waals surface area contributed by atoms with Crippen LogP contribution in [0.4, 0.5) is 5.69 Å². The van der Waals surface area contributed by atoms with Gasteiger partial charge in [0.2, 0.25) is 0 Å². The average molecular weight is 255 g/mol. The normalized spacial score (nSPS) is 16.7. The molecule has 8 nitrogen and oxygen atoms in total. The van der Waals surface area contributed by atoms with Gasteiger partial charge in [0.1, 0.15) is 11.9 Å². The van der Waals surface area contributed by atoms with Crippen LogP contribution in [0.25, 0.3) is 0 Å². The second kappa shape index (κ2) is 5.89. The lowest BCUT2D eigenvalue weighted by atomic mass is 10.1. The van der Waals surface area contributed by atoms with Gasteiger partial charge < -0.3 is 4.74 Å². The molecule has 0 amide bonds. The average Bonchev–Trinajstić information content (AvgIpc) is 2.39. The summed E-state index contributed by atoms with van der Waals surface area (Å²) in [5, 5.41) is 21.0. The van der Waals surface area contributed by atoms with E-state index >= 15 is 0 Å². The van der Waals surface area contributed by atoms with E-state index in [1.54, 1.807) is 0 Å². The zero-order valence-electron chi connectivity index (χ0n) is 10.0. The summed E-state index contributed by atoms with van der Waals surface area (Å²) in [6.45, 7) is 3.92. The van der Waals surface area contributed by atoms with Crippen molar-refractivity contribution in [1.29, 1.82) is 0 Å². The molecular formula is C10H13N3O5. The van der Waals surface area contributed by atoms with Gasteiger partial charge in [0.25, 0.3) is 11.7 Å². The number of fused-ring (bicyclic) bond motifs is 1. The van der Waals surface area contributed by atoms with Crippen molar-refractivity contribution in [1.82, 2.24) is 4.98 Å². The number of pyridine rings is 1. The van der Waals surface area contributed by atoms with Gasteiger partial charge in [-0.05, 0) is 0 Å². The van der Waals surface area contributed by atoms with Crippen molar-refractivity contribution < 1.29 is 14.6 Å². The van der Waals surface area contributed by atoms with Gasteiger partial charge in [-0.25, -0.2) is 4.98 Å². The van der Waals surface area contributed by atoms with E-state index in [-0.39, 0.29) is 24.5 Å². The van der Waals surface area contributed by atoms with Gasteiger partial charge in [0.15, 0.2) is 6.61 Å². The molecule has 8 heteroatoms. The van der Waals surface area contributed by atoms with Crippen molar-refractivity contribution in [3.05, 3.63) is 38.2 Å². The summed E-state index contributed by atoms with van der Waals surface area (Å²) >= 11 is 0. The third-order valence-electron chi connectivity index (χ3n) is 2.29. The number of ether oxygens (including phenoxy) is 1. The second-order valence-electron chi connectivity index (χ2n) is 3.35. The van der Waals surface area contributed by atoms with Crippen molar-refractivity contribution in [3.8, 4) is 5.75 Å². The van der Waals surface area contributed by atoms with Crippen molar-refractivity contribution in [2.75, 3.05) is 6.61 Å². The molecule has 0 aliphatic carbocycles. The number of hydrogen-bond donors (Lipinski definition) is 0. The standard InChI is InChI=1S/C8H7N3O5.C2H6/c12-10(13)5-2-8-7(9-3-5)1-6(4-16-8)11(14)15;1-2/h2-3,6H,1,4H2;1-2H3. The van der Waals surface area contributed by atoms with E-state index in [1.807, 2.05) is 13.8 Å². The highest BCUT2D eigenvalue weighted by molar-refractivity contribution is 5.40. The van der Waals surface area contributed by atoms with Crippen LogP contribution in [0.3, 0.4) is 0 Å². The Morgan fingerprint density at radius 3 is 2.61 bits per heavy atom. The van der Waals surface area contributed by atoms with Gasteiger partial charge in [0.05, 0.1) is 23.1 Å². The van der Waals surface area contributed by atoms with Crippen LogP contribution in [0.15, 0.2) is 12.3 Å². The highest BCUT2D eigenvalue weighted by Crippen LogP contribution is 2.27. The second-order valence-corrected chi connectivity index (χ2v) is 3.35. The van der Waals surface area contributed by atoms with Crippen molar-refractivity contribution in [3.63, 3.8) is 0 Å². The van der Waals surface area contributed by atoms with Gasteiger partial charge in [-0.2, -0.15) is 0 Å². The minimum Gasteiger partial charge on any atom is -0.484 e. The molecule has 0 saturated heterocycles. The predicted molar refractivity (Wildman–Crippen MR) is 62.2 cm³/mol. The van der Waals surface area contributed by atoms with Crippen molar-refractivity contribution in [2.45, 2.75) is 26.3 Å². The molecule has 0 fully saturated rings. The molecule has 0 saturated carbocycles. The lowest BCUT2D eigenvalue weighted by Crippen LogP contribution is -2.33. The third-order valence-corrected chi connectivity index (χ3v) is 2.29. The molecule has 18 heavy (non-hydrogen) atoms. The quantitative estimate of drug-likeness (QED) is 0.586. The summed E-state index contributed by atoms with van der Waals surface area (Å²) in [5.74, 6) is 0.257. The molecule has 2 rings (SSSR count). The van der Waals surface area contributed by atoms with Crippen molar-refractivity contribution >= 4 is 5.69 Å². The molecule has 2 heterocycles. The van der Waals surface area contributed by atoms with Gasteiger partial charge in [0, 0.05) is 4.92 Å². The van der Waals surface area contributed by atoms with E-state index < -0.39 is 15.9 Å². The summed E-state index contributed by atoms with van der Waals surface area (Å²) < 4.78 is 5.08. The topological polar surface area (TPSA) is 108 Å². The first-order chi connectivity index (χ1) is 8.58. The molecular weight excluding hydrogens is 242 g/mol. The van der Waals surface area contributed by atoms with Gasteiger partial charge in [-0.15, -0.1) is 0 Å². The summed E-state index contributed by atoms with van der Waals surface area (Å²) in [4.78, 5) is 23.8. The summed E-state index contributed by atoms with van der Waals surface area (Å²) in [5.41, 5.74) is 0.205. The monoisotopic (exact) mass is 255 g/mol. The molecule has 1 aromatic heterocycles. The van der Waals surface area contributed by atoms with E-state index in [0.29, 0.717) is 5.69 Å². The smallest absolute Gasteiger partial charge is 0.291 e. The minimum atomic E-state index is -0.832. The van der Waals surface area contributed by atoms with Crippen LogP contribution in [0, 0.1) is 20.2 Å². The van der Waals surface area contributed by atoms with E-state index in [9.17, 15) is 20.2 Å². The number of aromatic nitrogens is 1. The van der Waals surface area contributed by atoms with Gasteiger partial charge in [-0.1, -0.05) is 13.8 Å². The Morgan fingerprint density at radius 1 is 1.39 bits per heavy atom. The third kappa shape index (κ3) is 2.90. The lowest BCUT2D eigenvalue weighted by molar-refractivity contribution is -0.525. The van der Waals surface area contributed by atoms with Crippen LogP contribution >= 0.6 is 0 Å². The fraction of sp³-hybridized carbons (Fsp3) is 0.500. The van der Waals surface area contributed by atoms with E-state index in [0.717, 1.165) is 6.20 Å². The zero-order valence-corrected chi connectivity index (χ0v) is 10.0. The first-order valence-electron chi connectivity index (χ1n) is 5.47. The summed E-state index contributed by atoms with van der Waals surface area (Å²) in [7, 11) is 0. The molecule has 1 unspecified atom stereocenters. The van der Waals surface area contributed by atoms with Crippen LogP contribution in [0.1, 0.15) is 19.5 Å².